The highest BCUT2D eigenvalue weighted by molar-refractivity contribution is 7.85. The number of halogens is 4. The lowest BCUT2D eigenvalue weighted by Crippen LogP contribution is -2.12. The molecule has 0 fully saturated rings. The molecule has 0 amide bonds. The van der Waals surface area contributed by atoms with E-state index in [-0.39, 0.29) is 15.5 Å². The highest BCUT2D eigenvalue weighted by Gasteiger charge is 2.16. The summed E-state index contributed by atoms with van der Waals surface area (Å²) in [6.07, 6.45) is 0. The smallest absolute Gasteiger partial charge is 0.177 e. The molecule has 2 rings (SSSR count). The van der Waals surface area contributed by atoms with Gasteiger partial charge in [0.25, 0.3) is 0 Å². The first-order valence-corrected chi connectivity index (χ1v) is 7.77. The Morgan fingerprint density at radius 2 is 1.76 bits per heavy atom. The second kappa shape index (κ2) is 6.64. The predicted octanol–water partition coefficient (Wildman–Crippen LogP) is 4.26. The fourth-order valence-electron chi connectivity index (χ4n) is 1.61. The van der Waals surface area contributed by atoms with Gasteiger partial charge in [-0.15, -0.1) is 0 Å². The number of carbonyl (C=O) groups excluding carboxylic acids is 1. The van der Waals surface area contributed by atoms with Crippen LogP contribution in [0.15, 0.2) is 41.3 Å². The molecular weight excluding hydrogens is 341 g/mol. The van der Waals surface area contributed by atoms with Crippen molar-refractivity contribution in [2.45, 2.75) is 4.90 Å². The quantitative estimate of drug-likeness (QED) is 0.773. The van der Waals surface area contributed by atoms with E-state index in [2.05, 4.69) is 0 Å². The van der Waals surface area contributed by atoms with Gasteiger partial charge in [-0.1, -0.05) is 23.2 Å². The molecule has 1 unspecified atom stereocenters. The first-order chi connectivity index (χ1) is 9.88. The van der Waals surface area contributed by atoms with E-state index in [4.69, 9.17) is 23.2 Å². The van der Waals surface area contributed by atoms with Crippen LogP contribution >= 0.6 is 23.2 Å². The lowest BCUT2D eigenvalue weighted by molar-refractivity contribution is 0.102. The highest BCUT2D eigenvalue weighted by atomic mass is 35.5. The molecule has 1 atom stereocenters. The zero-order valence-electron chi connectivity index (χ0n) is 10.4. The molecule has 2 aromatic carbocycles. The van der Waals surface area contributed by atoms with E-state index >= 15 is 0 Å². The van der Waals surface area contributed by atoms with E-state index < -0.39 is 34.0 Å². The largest absolute Gasteiger partial charge is 0.293 e. The van der Waals surface area contributed by atoms with Crippen LogP contribution in [0.2, 0.25) is 10.0 Å². The molecule has 110 valence electrons. The van der Waals surface area contributed by atoms with Gasteiger partial charge in [-0.3, -0.25) is 9.00 Å². The SMILES string of the molecule is O=C(CS(=O)c1ccc(F)c(F)c1)c1cc(Cl)ccc1Cl. The minimum atomic E-state index is -1.81. The van der Waals surface area contributed by atoms with Crippen LogP contribution in [0.25, 0.3) is 0 Å². The topological polar surface area (TPSA) is 34.1 Å². The summed E-state index contributed by atoms with van der Waals surface area (Å²) in [6.45, 7) is 0. The van der Waals surface area contributed by atoms with E-state index in [1.54, 1.807) is 0 Å². The average molecular weight is 349 g/mol. The Morgan fingerprint density at radius 3 is 2.43 bits per heavy atom. The molecule has 7 heteroatoms. The second-order valence-corrected chi connectivity index (χ2v) is 6.41. The first kappa shape index (κ1) is 16.1. The number of rotatable bonds is 4. The summed E-state index contributed by atoms with van der Waals surface area (Å²) >= 11 is 11.7. The molecule has 0 aliphatic rings. The summed E-state index contributed by atoms with van der Waals surface area (Å²) in [6, 6.07) is 7.18. The number of carbonyl (C=O) groups is 1. The molecule has 0 heterocycles. The fraction of sp³-hybridized carbons (Fsp3) is 0.0714. The van der Waals surface area contributed by atoms with Gasteiger partial charge in [0.1, 0.15) is 0 Å². The van der Waals surface area contributed by atoms with Gasteiger partial charge in [-0.05, 0) is 36.4 Å². The molecule has 0 bridgehead atoms. The van der Waals surface area contributed by atoms with Gasteiger partial charge in [0.05, 0.1) is 21.6 Å². The minimum Gasteiger partial charge on any atom is -0.293 e. The molecule has 21 heavy (non-hydrogen) atoms. The molecule has 0 N–H and O–H groups in total. The highest BCUT2D eigenvalue weighted by Crippen LogP contribution is 2.22. The van der Waals surface area contributed by atoms with Crippen molar-refractivity contribution in [1.82, 2.24) is 0 Å². The summed E-state index contributed by atoms with van der Waals surface area (Å²) in [7, 11) is -1.81. The maximum Gasteiger partial charge on any atom is 0.177 e. The Kier molecular flexibility index (Phi) is 5.08. The van der Waals surface area contributed by atoms with Crippen LogP contribution in [0.4, 0.5) is 8.78 Å². The lowest BCUT2D eigenvalue weighted by Gasteiger charge is -2.05. The fourth-order valence-corrected chi connectivity index (χ4v) is 3.02. The van der Waals surface area contributed by atoms with Crippen molar-refractivity contribution >= 4 is 39.8 Å². The third kappa shape index (κ3) is 3.87. The standard InChI is InChI=1S/C14H8Cl2F2O2S/c15-8-1-3-11(16)10(5-8)14(19)7-21(20)9-2-4-12(17)13(18)6-9/h1-6H,7H2. The number of ketones is 1. The van der Waals surface area contributed by atoms with Gasteiger partial charge in [-0.25, -0.2) is 8.78 Å². The van der Waals surface area contributed by atoms with Gasteiger partial charge in [-0.2, -0.15) is 0 Å². The summed E-state index contributed by atoms with van der Waals surface area (Å²) < 4.78 is 37.9. The summed E-state index contributed by atoms with van der Waals surface area (Å²) in [5.74, 6) is -3.05. The van der Waals surface area contributed by atoms with Crippen molar-refractivity contribution in [3.8, 4) is 0 Å². The van der Waals surface area contributed by atoms with Crippen molar-refractivity contribution in [1.29, 1.82) is 0 Å². The molecule has 0 saturated heterocycles. The van der Waals surface area contributed by atoms with Crippen LogP contribution in [-0.2, 0) is 10.8 Å². The number of Topliss-reactive ketones (excluding diaryl/α,β-unsaturated/α-hetero) is 1. The van der Waals surface area contributed by atoms with E-state index in [1.807, 2.05) is 0 Å². The Morgan fingerprint density at radius 1 is 1.05 bits per heavy atom. The minimum absolute atomic E-state index is 0.0281. The lowest BCUT2D eigenvalue weighted by atomic mass is 10.1. The van der Waals surface area contributed by atoms with Gasteiger partial charge in [0.2, 0.25) is 0 Å². The van der Waals surface area contributed by atoms with E-state index in [0.717, 1.165) is 12.1 Å². The van der Waals surface area contributed by atoms with E-state index in [0.29, 0.717) is 5.02 Å². The van der Waals surface area contributed by atoms with Crippen LogP contribution in [0.5, 0.6) is 0 Å². The molecule has 0 saturated carbocycles. The molecule has 0 aliphatic heterocycles. The number of benzene rings is 2. The summed E-state index contributed by atoms with van der Waals surface area (Å²) in [4.78, 5) is 12.1. The zero-order chi connectivity index (χ0) is 15.6. The molecule has 0 spiro atoms. The van der Waals surface area contributed by atoms with Gasteiger partial charge < -0.3 is 0 Å². The molecule has 2 nitrogen and oxygen atoms in total. The van der Waals surface area contributed by atoms with Crippen LogP contribution in [-0.4, -0.2) is 15.7 Å². The monoisotopic (exact) mass is 348 g/mol. The molecule has 2 aromatic rings. The maximum atomic E-state index is 13.1. The van der Waals surface area contributed by atoms with E-state index in [9.17, 15) is 17.8 Å². The Hall–Kier alpha value is -1.30. The van der Waals surface area contributed by atoms with Crippen molar-refractivity contribution in [2.24, 2.45) is 0 Å². The molecule has 0 radical (unpaired) electrons. The summed E-state index contributed by atoms with van der Waals surface area (Å²) in [5, 5.41) is 0.507. The second-order valence-electron chi connectivity index (χ2n) is 4.11. The molecular formula is C14H8Cl2F2O2S. The number of hydrogen-bond donors (Lipinski definition) is 0. The molecule has 0 aromatic heterocycles. The van der Waals surface area contributed by atoms with Crippen LogP contribution < -0.4 is 0 Å². The zero-order valence-corrected chi connectivity index (χ0v) is 12.7. The van der Waals surface area contributed by atoms with Crippen molar-refractivity contribution in [3.63, 3.8) is 0 Å². The molecule has 0 aliphatic carbocycles. The summed E-state index contributed by atoms with van der Waals surface area (Å²) in [5.41, 5.74) is 0.139. The van der Waals surface area contributed by atoms with Crippen LogP contribution in [0.3, 0.4) is 0 Å². The first-order valence-electron chi connectivity index (χ1n) is 5.70. The number of hydrogen-bond acceptors (Lipinski definition) is 2. The van der Waals surface area contributed by atoms with Gasteiger partial charge >= 0.3 is 0 Å². The van der Waals surface area contributed by atoms with E-state index in [1.165, 1.54) is 24.3 Å². The maximum absolute atomic E-state index is 13.1. The Balaban J connectivity index is 2.20. The van der Waals surface area contributed by atoms with Crippen molar-refractivity contribution in [2.75, 3.05) is 5.75 Å². The van der Waals surface area contributed by atoms with Crippen molar-refractivity contribution < 1.29 is 17.8 Å². The normalized spacial score (nSPS) is 12.2. The Labute approximate surface area is 132 Å². The van der Waals surface area contributed by atoms with Crippen LogP contribution in [0, 0.1) is 11.6 Å². The Bertz CT molecular complexity index is 735. The third-order valence-electron chi connectivity index (χ3n) is 2.64. The van der Waals surface area contributed by atoms with Crippen molar-refractivity contribution in [3.05, 3.63) is 63.6 Å². The average Bonchev–Trinajstić information content (AvgIpc) is 2.44. The third-order valence-corrected chi connectivity index (χ3v) is 4.51. The van der Waals surface area contributed by atoms with Gasteiger partial charge in [0, 0.05) is 15.5 Å². The van der Waals surface area contributed by atoms with Gasteiger partial charge in [0.15, 0.2) is 17.4 Å². The predicted molar refractivity (Wildman–Crippen MR) is 78.4 cm³/mol. The van der Waals surface area contributed by atoms with Crippen LogP contribution in [0.1, 0.15) is 10.4 Å².